The van der Waals surface area contributed by atoms with E-state index < -0.39 is 21.8 Å². The third-order valence-corrected chi connectivity index (χ3v) is 8.01. The van der Waals surface area contributed by atoms with Crippen molar-refractivity contribution in [3.63, 3.8) is 0 Å². The van der Waals surface area contributed by atoms with Crippen LogP contribution < -0.4 is 10.6 Å². The minimum atomic E-state index is -3.81. The van der Waals surface area contributed by atoms with Crippen molar-refractivity contribution in [3.05, 3.63) is 42.5 Å². The summed E-state index contributed by atoms with van der Waals surface area (Å²) in [4.78, 5) is 25.0. The normalized spacial score (nSPS) is 20.0. The number of amides is 2. The zero-order valence-corrected chi connectivity index (χ0v) is 19.1. The quantitative estimate of drug-likeness (QED) is 0.634. The second kappa shape index (κ2) is 10.0. The highest BCUT2D eigenvalue weighted by Crippen LogP contribution is 2.25. The lowest BCUT2D eigenvalue weighted by molar-refractivity contribution is -0.122. The van der Waals surface area contributed by atoms with Gasteiger partial charge in [0.2, 0.25) is 21.8 Å². The molecule has 4 rings (SSSR count). The summed E-state index contributed by atoms with van der Waals surface area (Å²) < 4.78 is 41.6. The van der Waals surface area contributed by atoms with Crippen molar-refractivity contribution in [3.8, 4) is 0 Å². The third-order valence-electron chi connectivity index (χ3n) is 6.13. The lowest BCUT2D eigenvalue weighted by Gasteiger charge is -2.31. The summed E-state index contributed by atoms with van der Waals surface area (Å²) in [5, 5.41) is 9.90. The molecule has 2 aliphatic rings. The Balaban J connectivity index is 1.33. The van der Waals surface area contributed by atoms with Crippen molar-refractivity contribution in [2.45, 2.75) is 56.0 Å². The fourth-order valence-electron chi connectivity index (χ4n) is 4.38. The number of nitrogens with one attached hydrogen (secondary N) is 2. The molecule has 0 radical (unpaired) electrons. The number of hydrogen-bond acceptors (Lipinski definition) is 5. The van der Waals surface area contributed by atoms with E-state index in [1.54, 1.807) is 6.20 Å². The lowest BCUT2D eigenvalue weighted by Crippen LogP contribution is -2.43. The predicted octanol–water partition coefficient (Wildman–Crippen LogP) is 2.12. The molecule has 178 valence electrons. The van der Waals surface area contributed by atoms with Crippen LogP contribution in [0, 0.1) is 11.7 Å². The van der Waals surface area contributed by atoms with Gasteiger partial charge in [0.25, 0.3) is 0 Å². The zero-order chi connectivity index (χ0) is 23.4. The summed E-state index contributed by atoms with van der Waals surface area (Å²) >= 11 is 0. The SMILES string of the molecule is O=C(Cn1cc(NC(=O)C2CCCN(S(=O)(=O)c3ccc(F)cc3)C2)cn1)NC1CCCC1. The first-order chi connectivity index (χ1) is 15.8. The van der Waals surface area contributed by atoms with Gasteiger partial charge in [0.05, 0.1) is 22.7 Å². The monoisotopic (exact) mass is 477 g/mol. The summed E-state index contributed by atoms with van der Waals surface area (Å²) in [6.45, 7) is 0.417. The number of sulfonamides is 1. The summed E-state index contributed by atoms with van der Waals surface area (Å²) in [6, 6.07) is 4.89. The van der Waals surface area contributed by atoms with Gasteiger partial charge in [0.1, 0.15) is 12.4 Å². The Labute approximate surface area is 192 Å². The molecule has 1 unspecified atom stereocenters. The van der Waals surface area contributed by atoms with Gasteiger partial charge in [0.15, 0.2) is 0 Å². The van der Waals surface area contributed by atoms with E-state index in [0.29, 0.717) is 25.1 Å². The molecule has 0 bridgehead atoms. The highest BCUT2D eigenvalue weighted by Gasteiger charge is 2.33. The van der Waals surface area contributed by atoms with Gasteiger partial charge in [-0.15, -0.1) is 0 Å². The Kier molecular flexibility index (Phi) is 7.08. The topological polar surface area (TPSA) is 113 Å². The van der Waals surface area contributed by atoms with Gasteiger partial charge in [-0.25, -0.2) is 12.8 Å². The van der Waals surface area contributed by atoms with E-state index in [-0.39, 0.29) is 35.8 Å². The van der Waals surface area contributed by atoms with E-state index >= 15 is 0 Å². The number of piperidine rings is 1. The number of aromatic nitrogens is 2. The van der Waals surface area contributed by atoms with Gasteiger partial charge < -0.3 is 10.6 Å². The summed E-state index contributed by atoms with van der Waals surface area (Å²) in [5.41, 5.74) is 0.451. The molecule has 0 spiro atoms. The van der Waals surface area contributed by atoms with Crippen LogP contribution in [0.25, 0.3) is 0 Å². The van der Waals surface area contributed by atoms with Crippen molar-refractivity contribution in [2.24, 2.45) is 5.92 Å². The zero-order valence-electron chi connectivity index (χ0n) is 18.2. The number of nitrogens with zero attached hydrogens (tertiary/aromatic N) is 3. The number of hydrogen-bond donors (Lipinski definition) is 2. The number of anilines is 1. The molecule has 1 saturated heterocycles. The van der Waals surface area contributed by atoms with E-state index in [4.69, 9.17) is 0 Å². The van der Waals surface area contributed by atoms with Gasteiger partial charge >= 0.3 is 0 Å². The first kappa shape index (κ1) is 23.4. The molecule has 1 aliphatic heterocycles. The van der Waals surface area contributed by atoms with Crippen LogP contribution in [0.1, 0.15) is 38.5 Å². The molecule has 2 fully saturated rings. The Morgan fingerprint density at radius 1 is 1.09 bits per heavy atom. The second-order valence-corrected chi connectivity index (χ2v) is 10.6. The molecule has 9 nitrogen and oxygen atoms in total. The van der Waals surface area contributed by atoms with Crippen LogP contribution in [0.4, 0.5) is 10.1 Å². The van der Waals surface area contributed by atoms with Crippen molar-refractivity contribution >= 4 is 27.5 Å². The Bertz CT molecular complexity index is 1100. The van der Waals surface area contributed by atoms with Crippen LogP contribution in [0.5, 0.6) is 0 Å². The molecule has 1 saturated carbocycles. The number of rotatable bonds is 7. The number of carbonyl (C=O) groups is 2. The molecule has 2 heterocycles. The summed E-state index contributed by atoms with van der Waals surface area (Å²) in [5.74, 6) is -1.45. The standard InChI is InChI=1S/C22H28FN5O4S/c23-17-7-9-20(10-8-17)33(31,32)28-11-3-4-16(13-28)22(30)26-19-12-24-27(14-19)15-21(29)25-18-5-1-2-6-18/h7-10,12,14,16,18H,1-6,11,13,15H2,(H,25,29)(H,26,30). The Morgan fingerprint density at radius 2 is 1.82 bits per heavy atom. The maximum Gasteiger partial charge on any atom is 0.243 e. The molecule has 1 aliphatic carbocycles. The summed E-state index contributed by atoms with van der Waals surface area (Å²) in [6.07, 6.45) is 8.42. The average molecular weight is 478 g/mol. The molecule has 2 amide bonds. The van der Waals surface area contributed by atoms with E-state index in [1.165, 1.54) is 27.3 Å². The smallest absolute Gasteiger partial charge is 0.243 e. The maximum atomic E-state index is 13.2. The van der Waals surface area contributed by atoms with Gasteiger partial charge in [-0.2, -0.15) is 9.40 Å². The van der Waals surface area contributed by atoms with Crippen molar-refractivity contribution < 1.29 is 22.4 Å². The fraction of sp³-hybridized carbons (Fsp3) is 0.500. The summed E-state index contributed by atoms with van der Waals surface area (Å²) in [7, 11) is -3.81. The molecule has 33 heavy (non-hydrogen) atoms. The second-order valence-electron chi connectivity index (χ2n) is 8.62. The molecule has 11 heteroatoms. The Morgan fingerprint density at radius 3 is 2.55 bits per heavy atom. The minimum Gasteiger partial charge on any atom is -0.352 e. The fourth-order valence-corrected chi connectivity index (χ4v) is 5.90. The van der Waals surface area contributed by atoms with Crippen LogP contribution in [0.15, 0.2) is 41.6 Å². The van der Waals surface area contributed by atoms with Gasteiger partial charge in [-0.1, -0.05) is 12.8 Å². The number of benzene rings is 1. The predicted molar refractivity (Wildman–Crippen MR) is 119 cm³/mol. The van der Waals surface area contributed by atoms with Crippen LogP contribution in [0.2, 0.25) is 0 Å². The first-order valence-corrected chi connectivity index (χ1v) is 12.6. The van der Waals surface area contributed by atoms with E-state index in [0.717, 1.165) is 37.8 Å². The number of carbonyl (C=O) groups excluding carboxylic acids is 2. The molecule has 1 aromatic heterocycles. The van der Waals surface area contributed by atoms with Gasteiger partial charge in [0, 0.05) is 25.3 Å². The van der Waals surface area contributed by atoms with Crippen molar-refractivity contribution in [1.29, 1.82) is 0 Å². The first-order valence-electron chi connectivity index (χ1n) is 11.2. The molecular weight excluding hydrogens is 449 g/mol. The lowest BCUT2D eigenvalue weighted by atomic mass is 9.99. The van der Waals surface area contributed by atoms with Crippen LogP contribution in [0.3, 0.4) is 0 Å². The minimum absolute atomic E-state index is 0.00196. The van der Waals surface area contributed by atoms with E-state index in [9.17, 15) is 22.4 Å². The van der Waals surface area contributed by atoms with E-state index in [1.807, 2.05) is 0 Å². The molecule has 1 aromatic carbocycles. The van der Waals surface area contributed by atoms with Gasteiger partial charge in [-0.05, 0) is 49.9 Å². The van der Waals surface area contributed by atoms with Crippen molar-refractivity contribution in [2.75, 3.05) is 18.4 Å². The largest absolute Gasteiger partial charge is 0.352 e. The molecular formula is C22H28FN5O4S. The Hall–Kier alpha value is -2.79. The maximum absolute atomic E-state index is 13.2. The van der Waals surface area contributed by atoms with Crippen LogP contribution in [-0.4, -0.2) is 53.4 Å². The molecule has 2 N–H and O–H groups in total. The number of halogens is 1. The highest BCUT2D eigenvalue weighted by atomic mass is 32.2. The average Bonchev–Trinajstić information content (AvgIpc) is 3.46. The van der Waals surface area contributed by atoms with Crippen molar-refractivity contribution in [1.82, 2.24) is 19.4 Å². The van der Waals surface area contributed by atoms with Crippen LogP contribution >= 0.6 is 0 Å². The van der Waals surface area contributed by atoms with Gasteiger partial charge in [-0.3, -0.25) is 14.3 Å². The third kappa shape index (κ3) is 5.77. The van der Waals surface area contributed by atoms with E-state index in [2.05, 4.69) is 15.7 Å². The van der Waals surface area contributed by atoms with Crippen LogP contribution in [-0.2, 0) is 26.2 Å². The highest BCUT2D eigenvalue weighted by molar-refractivity contribution is 7.89. The molecule has 1 atom stereocenters. The molecule has 2 aromatic rings.